The van der Waals surface area contributed by atoms with E-state index in [1.165, 1.54) is 18.5 Å². The highest BCUT2D eigenvalue weighted by Crippen LogP contribution is 2.30. The molecule has 20 heavy (non-hydrogen) atoms. The van der Waals surface area contributed by atoms with Crippen LogP contribution in [0.15, 0.2) is 30.7 Å². The Morgan fingerprint density at radius 2 is 2.10 bits per heavy atom. The molecule has 2 heterocycles. The van der Waals surface area contributed by atoms with Crippen molar-refractivity contribution >= 4 is 23.3 Å². The van der Waals surface area contributed by atoms with E-state index in [9.17, 15) is 14.9 Å². The summed E-state index contributed by atoms with van der Waals surface area (Å²) in [4.78, 5) is 28.3. The quantitative estimate of drug-likeness (QED) is 0.680. The Kier molecular flexibility index (Phi) is 3.76. The number of nitro groups is 1. The molecule has 0 amide bonds. The van der Waals surface area contributed by atoms with Gasteiger partial charge >= 0.3 is 11.7 Å². The second-order valence-electron chi connectivity index (χ2n) is 3.55. The highest BCUT2D eigenvalue weighted by molar-refractivity contribution is 6.30. The number of rotatable bonds is 4. The standard InChI is InChI=1S/C11H6ClN3O5/c12-7-2-8(5-13-4-7)20-10-9(15(18)19)1-6(3-14-10)11(16)17/h1-5H,(H,16,17). The van der Waals surface area contributed by atoms with Crippen molar-refractivity contribution in [3.63, 3.8) is 0 Å². The molecule has 8 nitrogen and oxygen atoms in total. The van der Waals surface area contributed by atoms with Gasteiger partial charge in [0.05, 0.1) is 21.7 Å². The van der Waals surface area contributed by atoms with Crippen LogP contribution in [0.2, 0.25) is 5.02 Å². The molecule has 0 bridgehead atoms. The van der Waals surface area contributed by atoms with Crippen molar-refractivity contribution in [2.24, 2.45) is 0 Å². The second kappa shape index (κ2) is 5.49. The molecule has 2 aromatic heterocycles. The van der Waals surface area contributed by atoms with Gasteiger partial charge in [0.2, 0.25) is 0 Å². The molecule has 0 saturated carbocycles. The van der Waals surface area contributed by atoms with E-state index in [1.54, 1.807) is 0 Å². The van der Waals surface area contributed by atoms with E-state index in [4.69, 9.17) is 21.4 Å². The highest BCUT2D eigenvalue weighted by atomic mass is 35.5. The lowest BCUT2D eigenvalue weighted by Crippen LogP contribution is -2.02. The molecule has 1 N–H and O–H groups in total. The Morgan fingerprint density at radius 3 is 2.70 bits per heavy atom. The van der Waals surface area contributed by atoms with Crippen LogP contribution in [0.25, 0.3) is 0 Å². The maximum absolute atomic E-state index is 10.9. The molecule has 0 radical (unpaired) electrons. The van der Waals surface area contributed by atoms with Crippen LogP contribution in [0.3, 0.4) is 0 Å². The third-order valence-corrected chi connectivity index (χ3v) is 2.38. The fraction of sp³-hybridized carbons (Fsp3) is 0. The van der Waals surface area contributed by atoms with E-state index in [2.05, 4.69) is 9.97 Å². The molecule has 0 atom stereocenters. The van der Waals surface area contributed by atoms with Crippen molar-refractivity contribution in [3.05, 3.63) is 51.4 Å². The lowest BCUT2D eigenvalue weighted by atomic mass is 10.2. The van der Waals surface area contributed by atoms with Gasteiger partial charge in [0.1, 0.15) is 5.75 Å². The molecule has 0 fully saturated rings. The van der Waals surface area contributed by atoms with Crippen molar-refractivity contribution in [1.82, 2.24) is 9.97 Å². The first kappa shape index (κ1) is 13.7. The minimum atomic E-state index is -1.32. The fourth-order valence-electron chi connectivity index (χ4n) is 1.33. The van der Waals surface area contributed by atoms with Crippen molar-refractivity contribution in [1.29, 1.82) is 0 Å². The lowest BCUT2D eigenvalue weighted by Gasteiger charge is -2.05. The van der Waals surface area contributed by atoms with Crippen LogP contribution >= 0.6 is 11.6 Å². The normalized spacial score (nSPS) is 10.1. The number of nitrogens with zero attached hydrogens (tertiary/aromatic N) is 3. The zero-order valence-corrected chi connectivity index (χ0v) is 10.4. The smallest absolute Gasteiger partial charge is 0.337 e. The first-order chi connectivity index (χ1) is 9.47. The Bertz CT molecular complexity index is 692. The molecule has 0 aliphatic rings. The summed E-state index contributed by atoms with van der Waals surface area (Å²) in [5.41, 5.74) is -0.877. The Hall–Kier alpha value is -2.74. The monoisotopic (exact) mass is 295 g/mol. The molecule has 0 aromatic carbocycles. The Morgan fingerprint density at radius 1 is 1.35 bits per heavy atom. The van der Waals surface area contributed by atoms with Crippen LogP contribution in [-0.4, -0.2) is 26.0 Å². The molecule has 2 aromatic rings. The number of ether oxygens (including phenoxy) is 1. The van der Waals surface area contributed by atoms with Gasteiger partial charge in [-0.1, -0.05) is 11.6 Å². The fourth-order valence-corrected chi connectivity index (χ4v) is 1.49. The van der Waals surface area contributed by atoms with Crippen LogP contribution < -0.4 is 4.74 Å². The summed E-state index contributed by atoms with van der Waals surface area (Å²) in [6.45, 7) is 0. The van der Waals surface area contributed by atoms with E-state index < -0.39 is 16.6 Å². The third kappa shape index (κ3) is 2.98. The van der Waals surface area contributed by atoms with Gasteiger partial charge in [-0.05, 0) is 0 Å². The topological polar surface area (TPSA) is 115 Å². The van der Waals surface area contributed by atoms with Crippen LogP contribution in [0.4, 0.5) is 5.69 Å². The van der Waals surface area contributed by atoms with Gasteiger partial charge in [-0.15, -0.1) is 0 Å². The average molecular weight is 296 g/mol. The molecule has 0 aliphatic heterocycles. The van der Waals surface area contributed by atoms with Gasteiger partial charge in [0.25, 0.3) is 5.88 Å². The summed E-state index contributed by atoms with van der Waals surface area (Å²) in [6, 6.07) is 2.26. The average Bonchev–Trinajstić information content (AvgIpc) is 2.38. The molecule has 2 rings (SSSR count). The first-order valence-corrected chi connectivity index (χ1v) is 5.51. The molecule has 0 saturated heterocycles. The molecular formula is C11H6ClN3O5. The SMILES string of the molecule is O=C(O)c1cnc(Oc2cncc(Cl)c2)c([N+](=O)[O-])c1. The number of aromatic carboxylic acids is 1. The van der Waals surface area contributed by atoms with Crippen LogP contribution in [0.5, 0.6) is 11.6 Å². The van der Waals surface area contributed by atoms with Crippen molar-refractivity contribution in [2.45, 2.75) is 0 Å². The maximum atomic E-state index is 10.9. The van der Waals surface area contributed by atoms with Gasteiger partial charge < -0.3 is 9.84 Å². The number of hydrogen-bond acceptors (Lipinski definition) is 6. The summed E-state index contributed by atoms with van der Waals surface area (Å²) in [6.07, 6.45) is 3.62. The van der Waals surface area contributed by atoms with E-state index in [-0.39, 0.29) is 22.2 Å². The Balaban J connectivity index is 2.41. The van der Waals surface area contributed by atoms with E-state index in [0.29, 0.717) is 0 Å². The van der Waals surface area contributed by atoms with Gasteiger partial charge in [-0.25, -0.2) is 9.78 Å². The van der Waals surface area contributed by atoms with E-state index >= 15 is 0 Å². The number of halogens is 1. The maximum Gasteiger partial charge on any atom is 0.337 e. The predicted molar refractivity (Wildman–Crippen MR) is 67.2 cm³/mol. The van der Waals surface area contributed by atoms with Crippen LogP contribution in [-0.2, 0) is 0 Å². The van der Waals surface area contributed by atoms with Crippen molar-refractivity contribution in [2.75, 3.05) is 0 Å². The largest absolute Gasteiger partial charge is 0.478 e. The molecule has 9 heteroatoms. The second-order valence-corrected chi connectivity index (χ2v) is 3.99. The molecule has 0 spiro atoms. The summed E-state index contributed by atoms with van der Waals surface area (Å²) in [5.74, 6) is -1.52. The van der Waals surface area contributed by atoms with Gasteiger partial charge in [0, 0.05) is 24.5 Å². The van der Waals surface area contributed by atoms with Crippen LogP contribution in [0.1, 0.15) is 10.4 Å². The number of pyridine rings is 2. The van der Waals surface area contributed by atoms with Gasteiger partial charge in [0.15, 0.2) is 0 Å². The zero-order chi connectivity index (χ0) is 14.7. The van der Waals surface area contributed by atoms with Crippen molar-refractivity contribution in [3.8, 4) is 11.6 Å². The van der Waals surface area contributed by atoms with Crippen molar-refractivity contribution < 1.29 is 19.6 Å². The summed E-state index contributed by atoms with van der Waals surface area (Å²) >= 11 is 5.71. The van der Waals surface area contributed by atoms with E-state index in [1.807, 2.05) is 0 Å². The van der Waals surface area contributed by atoms with Gasteiger partial charge in [-0.3, -0.25) is 15.1 Å². The highest BCUT2D eigenvalue weighted by Gasteiger charge is 2.21. The summed E-state index contributed by atoms with van der Waals surface area (Å²) in [5, 5.41) is 20.0. The number of aromatic nitrogens is 2. The minimum Gasteiger partial charge on any atom is -0.478 e. The number of carboxylic acid groups (broad SMARTS) is 1. The molecule has 0 unspecified atom stereocenters. The first-order valence-electron chi connectivity index (χ1n) is 5.13. The summed E-state index contributed by atoms with van der Waals surface area (Å²) < 4.78 is 5.19. The minimum absolute atomic E-state index is 0.149. The molecule has 102 valence electrons. The summed E-state index contributed by atoms with van der Waals surface area (Å²) in [7, 11) is 0. The van der Waals surface area contributed by atoms with Gasteiger partial charge in [-0.2, -0.15) is 0 Å². The molecular weight excluding hydrogens is 290 g/mol. The van der Waals surface area contributed by atoms with E-state index in [0.717, 1.165) is 12.3 Å². The lowest BCUT2D eigenvalue weighted by molar-refractivity contribution is -0.386. The number of carboxylic acids is 1. The number of hydrogen-bond donors (Lipinski definition) is 1. The zero-order valence-electron chi connectivity index (χ0n) is 9.69. The molecule has 0 aliphatic carbocycles. The van der Waals surface area contributed by atoms with Crippen LogP contribution in [0, 0.1) is 10.1 Å². The third-order valence-electron chi connectivity index (χ3n) is 2.17. The predicted octanol–water partition coefficient (Wildman–Crippen LogP) is 2.53. The Labute approximate surface area is 116 Å². The number of carbonyl (C=O) groups is 1.